The van der Waals surface area contributed by atoms with Gasteiger partial charge in [-0.15, -0.1) is 11.3 Å². The average Bonchev–Trinajstić information content (AvgIpc) is 3.61. The van der Waals surface area contributed by atoms with Crippen molar-refractivity contribution in [2.75, 3.05) is 11.9 Å². The van der Waals surface area contributed by atoms with E-state index in [1.807, 2.05) is 0 Å². The van der Waals surface area contributed by atoms with Gasteiger partial charge >= 0.3 is 5.97 Å². The van der Waals surface area contributed by atoms with Gasteiger partial charge in [-0.1, -0.05) is 55.7 Å². The number of furan rings is 1. The maximum Gasteiger partial charge on any atom is 0.371 e. The maximum absolute atomic E-state index is 10.9. The van der Waals surface area contributed by atoms with Gasteiger partial charge in [-0.2, -0.15) is 0 Å². The summed E-state index contributed by atoms with van der Waals surface area (Å²) in [7, 11) is 0. The minimum atomic E-state index is -1.06. The molecule has 2 heterocycles. The third kappa shape index (κ3) is 6.87. The van der Waals surface area contributed by atoms with E-state index in [4.69, 9.17) is 14.5 Å². The topological polar surface area (TPSA) is 87.4 Å². The lowest BCUT2D eigenvalue weighted by molar-refractivity contribution is 0.0660. The lowest BCUT2D eigenvalue weighted by atomic mass is 9.84. The van der Waals surface area contributed by atoms with E-state index in [2.05, 4.69) is 64.5 Å². The Labute approximate surface area is 221 Å². The molecule has 3 N–H and O–H groups in total. The van der Waals surface area contributed by atoms with Gasteiger partial charge in [0.25, 0.3) is 0 Å². The lowest BCUT2D eigenvalue weighted by Crippen LogP contribution is -2.12. The molecular weight excluding hydrogens is 482 g/mol. The number of rotatable bonds is 11. The number of carboxylic acid groups (broad SMARTS) is 1. The van der Waals surface area contributed by atoms with Crippen LogP contribution in [0.5, 0.6) is 0 Å². The van der Waals surface area contributed by atoms with Crippen molar-refractivity contribution in [3.63, 3.8) is 0 Å². The van der Waals surface area contributed by atoms with Gasteiger partial charge in [0.1, 0.15) is 10.8 Å². The van der Waals surface area contributed by atoms with Gasteiger partial charge in [-0.25, -0.2) is 9.78 Å². The highest BCUT2D eigenvalue weighted by molar-refractivity contribution is 7.09. The Morgan fingerprint density at radius 1 is 0.973 bits per heavy atom. The first kappa shape index (κ1) is 25.2. The molecule has 4 aromatic rings. The number of nitrogens with zero attached hydrogens (tertiary/aromatic N) is 1. The number of benzene rings is 2. The van der Waals surface area contributed by atoms with Crippen LogP contribution < -0.4 is 10.6 Å². The third-order valence-corrected chi connectivity index (χ3v) is 7.83. The predicted molar refractivity (Wildman–Crippen MR) is 148 cm³/mol. The summed E-state index contributed by atoms with van der Waals surface area (Å²) in [6.07, 6.45) is 7.85. The number of hydrogen-bond donors (Lipinski definition) is 3. The van der Waals surface area contributed by atoms with E-state index in [1.165, 1.54) is 49.3 Å². The molecule has 0 amide bonds. The van der Waals surface area contributed by atoms with Gasteiger partial charge in [-0.3, -0.25) is 0 Å². The Kier molecular flexibility index (Phi) is 8.33. The molecule has 1 saturated carbocycles. The van der Waals surface area contributed by atoms with Crippen molar-refractivity contribution in [1.29, 1.82) is 0 Å². The molecule has 37 heavy (non-hydrogen) atoms. The van der Waals surface area contributed by atoms with Crippen molar-refractivity contribution < 1.29 is 14.3 Å². The van der Waals surface area contributed by atoms with Crippen LogP contribution in [-0.2, 0) is 19.5 Å². The second-order valence-electron chi connectivity index (χ2n) is 9.63. The number of carboxylic acids is 1. The molecule has 192 valence electrons. The van der Waals surface area contributed by atoms with Gasteiger partial charge in [0.05, 0.1) is 12.2 Å². The summed E-state index contributed by atoms with van der Waals surface area (Å²) in [5.74, 6) is 0.250. The Morgan fingerprint density at radius 2 is 1.76 bits per heavy atom. The number of aromatic carboxylic acids is 1. The van der Waals surface area contributed by atoms with Gasteiger partial charge in [0.2, 0.25) is 5.76 Å². The number of aromatic nitrogens is 1. The molecule has 0 saturated heterocycles. The molecule has 0 unspecified atom stereocenters. The zero-order chi connectivity index (χ0) is 25.5. The summed E-state index contributed by atoms with van der Waals surface area (Å²) >= 11 is 1.60. The first-order chi connectivity index (χ1) is 18.1. The Balaban J connectivity index is 1.06. The fourth-order valence-electron chi connectivity index (χ4n) is 4.91. The summed E-state index contributed by atoms with van der Waals surface area (Å²) in [6, 6.07) is 20.8. The SMILES string of the molecule is O=C(O)c1ccc(CNCc2nc(-c3ccc(NCCc4ccc(C5CCCCC5)cc4)cc3)cs2)o1. The zero-order valence-corrected chi connectivity index (χ0v) is 21.7. The quantitative estimate of drug-likeness (QED) is 0.198. The van der Waals surface area contributed by atoms with Crippen molar-refractivity contribution in [3.05, 3.63) is 93.7 Å². The monoisotopic (exact) mass is 515 g/mol. The fraction of sp³-hybridized carbons (Fsp3) is 0.333. The number of hydrogen-bond acceptors (Lipinski definition) is 6. The molecule has 7 heteroatoms. The normalized spacial score (nSPS) is 14.1. The summed E-state index contributed by atoms with van der Waals surface area (Å²) in [5, 5.41) is 18.8. The smallest absolute Gasteiger partial charge is 0.371 e. The molecule has 0 aliphatic heterocycles. The number of thiazole rings is 1. The van der Waals surface area contributed by atoms with Gasteiger partial charge in [0, 0.05) is 29.7 Å². The van der Waals surface area contributed by atoms with Crippen LogP contribution in [0.1, 0.15) is 70.5 Å². The van der Waals surface area contributed by atoms with Crippen LogP contribution in [0.3, 0.4) is 0 Å². The van der Waals surface area contributed by atoms with Gasteiger partial charge < -0.3 is 20.2 Å². The van der Waals surface area contributed by atoms with Crippen LogP contribution in [0.4, 0.5) is 5.69 Å². The zero-order valence-electron chi connectivity index (χ0n) is 20.9. The van der Waals surface area contributed by atoms with Crippen LogP contribution >= 0.6 is 11.3 Å². The average molecular weight is 516 g/mol. The van der Waals surface area contributed by atoms with Crippen LogP contribution in [0.25, 0.3) is 11.3 Å². The molecule has 1 fully saturated rings. The van der Waals surface area contributed by atoms with Crippen molar-refractivity contribution >= 4 is 23.0 Å². The fourth-order valence-corrected chi connectivity index (χ4v) is 5.68. The van der Waals surface area contributed by atoms with Crippen molar-refractivity contribution in [1.82, 2.24) is 10.3 Å². The molecule has 1 aliphatic rings. The van der Waals surface area contributed by atoms with E-state index in [-0.39, 0.29) is 5.76 Å². The molecule has 5 rings (SSSR count). The number of carbonyl (C=O) groups is 1. The predicted octanol–water partition coefficient (Wildman–Crippen LogP) is 7.09. The highest BCUT2D eigenvalue weighted by atomic mass is 32.1. The molecule has 2 aromatic heterocycles. The van der Waals surface area contributed by atoms with Gasteiger partial charge in [0.15, 0.2) is 0 Å². The molecule has 0 bridgehead atoms. The Morgan fingerprint density at radius 3 is 2.49 bits per heavy atom. The van der Waals surface area contributed by atoms with E-state index in [0.29, 0.717) is 18.8 Å². The molecule has 6 nitrogen and oxygen atoms in total. The first-order valence-corrected chi connectivity index (χ1v) is 13.9. The maximum atomic E-state index is 10.9. The van der Waals surface area contributed by atoms with Gasteiger partial charge in [-0.05, 0) is 60.6 Å². The Bertz CT molecular complexity index is 1290. The number of anilines is 1. The first-order valence-electron chi connectivity index (χ1n) is 13.0. The highest BCUT2D eigenvalue weighted by Gasteiger charge is 2.15. The molecule has 2 aromatic carbocycles. The minimum Gasteiger partial charge on any atom is -0.475 e. The summed E-state index contributed by atoms with van der Waals surface area (Å²) in [6.45, 7) is 1.94. The lowest BCUT2D eigenvalue weighted by Gasteiger charge is -2.22. The number of nitrogens with one attached hydrogen (secondary N) is 2. The van der Waals surface area contributed by atoms with Crippen LogP contribution in [0, 0.1) is 0 Å². The van der Waals surface area contributed by atoms with E-state index < -0.39 is 5.97 Å². The van der Waals surface area contributed by atoms with Crippen molar-refractivity contribution in [2.45, 2.75) is 57.5 Å². The van der Waals surface area contributed by atoms with E-state index in [1.54, 1.807) is 17.4 Å². The summed E-state index contributed by atoms with van der Waals surface area (Å²) < 4.78 is 5.26. The van der Waals surface area contributed by atoms with Crippen molar-refractivity contribution in [3.8, 4) is 11.3 Å². The van der Waals surface area contributed by atoms with E-state index in [0.717, 1.165) is 40.8 Å². The molecule has 0 atom stereocenters. The van der Waals surface area contributed by atoms with Crippen molar-refractivity contribution in [2.24, 2.45) is 0 Å². The summed E-state index contributed by atoms with van der Waals surface area (Å²) in [5.41, 5.74) is 6.04. The van der Waals surface area contributed by atoms with Crippen LogP contribution in [0.15, 0.2) is 70.5 Å². The Hall–Kier alpha value is -3.42. The molecular formula is C30H33N3O3S. The minimum absolute atomic E-state index is 0.0465. The second-order valence-corrected chi connectivity index (χ2v) is 10.6. The largest absolute Gasteiger partial charge is 0.475 e. The molecule has 0 spiro atoms. The van der Waals surface area contributed by atoms with Crippen LogP contribution in [-0.4, -0.2) is 22.6 Å². The van der Waals surface area contributed by atoms with E-state index >= 15 is 0 Å². The molecule has 1 aliphatic carbocycles. The standard InChI is InChI=1S/C30H33N3O3S/c34-30(35)28-15-14-26(36-28)18-31-19-29-33-27(20-37-29)24-10-12-25(13-11-24)32-17-16-21-6-8-23(9-7-21)22-4-2-1-3-5-22/h6-15,20,22,31-32H,1-5,16-19H2,(H,34,35). The summed E-state index contributed by atoms with van der Waals surface area (Å²) in [4.78, 5) is 15.6. The highest BCUT2D eigenvalue weighted by Crippen LogP contribution is 2.32. The van der Waals surface area contributed by atoms with Crippen LogP contribution in [0.2, 0.25) is 0 Å². The third-order valence-electron chi connectivity index (χ3n) is 6.98. The second kappa shape index (κ2) is 12.2. The molecule has 0 radical (unpaired) electrons. The van der Waals surface area contributed by atoms with E-state index in [9.17, 15) is 4.79 Å².